The number of aryl methyl sites for hydroxylation is 1. The lowest BCUT2D eigenvalue weighted by Gasteiger charge is -2.15. The summed E-state index contributed by atoms with van der Waals surface area (Å²) < 4.78 is 81.0. The van der Waals surface area contributed by atoms with Gasteiger partial charge in [-0.1, -0.05) is 11.3 Å². The first-order valence-corrected chi connectivity index (χ1v) is 13.3. The number of carbonyl (C=O) groups excluding carboxylic acids is 1. The van der Waals surface area contributed by atoms with Crippen molar-refractivity contribution in [1.82, 2.24) is 9.97 Å². The Hall–Kier alpha value is -3.59. The number of rotatable bonds is 10. The van der Waals surface area contributed by atoms with Crippen LogP contribution in [0.4, 0.5) is 24.0 Å². The summed E-state index contributed by atoms with van der Waals surface area (Å²) in [5.41, 5.74) is 1.10. The van der Waals surface area contributed by atoms with E-state index in [4.69, 9.17) is 9.47 Å². The van der Waals surface area contributed by atoms with Gasteiger partial charge in [-0.2, -0.15) is 13.2 Å². The number of halogens is 3. The molecular weight excluding hydrogens is 549 g/mol. The van der Waals surface area contributed by atoms with E-state index in [1.807, 2.05) is 20.8 Å². The molecule has 0 radical (unpaired) electrons. The van der Waals surface area contributed by atoms with E-state index in [9.17, 15) is 26.4 Å². The van der Waals surface area contributed by atoms with Gasteiger partial charge in [-0.05, 0) is 50.6 Å². The summed E-state index contributed by atoms with van der Waals surface area (Å²) in [6.45, 7) is 4.91. The third-order valence-corrected chi connectivity index (χ3v) is 7.43. The molecule has 0 fully saturated rings. The standard InChI is InChI=1S/C23H25F3N4O6S2/c1-12(2)28-22-29-13(3)19(37-22)14-6-7-17(34-4)18(9-14)38(32,33)30-16-8-15(20(35-5)27-10-16)11-36-21(31)23(24,25)26/h6-10,12,30H,11H2,1-5H3,(H,28,29). The van der Waals surface area contributed by atoms with E-state index in [0.29, 0.717) is 16.4 Å². The Morgan fingerprint density at radius 3 is 2.47 bits per heavy atom. The third kappa shape index (κ3) is 6.83. The molecule has 2 heterocycles. The number of anilines is 2. The second kappa shape index (κ2) is 11.4. The minimum absolute atomic E-state index is 0.0600. The average molecular weight is 575 g/mol. The fourth-order valence-corrected chi connectivity index (χ4v) is 5.62. The van der Waals surface area contributed by atoms with E-state index >= 15 is 0 Å². The minimum atomic E-state index is -5.19. The van der Waals surface area contributed by atoms with Crippen LogP contribution in [0, 0.1) is 6.92 Å². The number of pyridine rings is 1. The molecule has 3 rings (SSSR count). The molecule has 0 amide bonds. The highest BCUT2D eigenvalue weighted by Crippen LogP contribution is 2.37. The van der Waals surface area contributed by atoms with Gasteiger partial charge in [0.05, 0.1) is 42.2 Å². The molecule has 2 aromatic heterocycles. The smallest absolute Gasteiger partial charge is 0.490 e. The van der Waals surface area contributed by atoms with Gasteiger partial charge in [0.15, 0.2) is 5.13 Å². The van der Waals surface area contributed by atoms with Gasteiger partial charge in [-0.15, -0.1) is 0 Å². The monoisotopic (exact) mass is 574 g/mol. The Kier molecular flexibility index (Phi) is 8.72. The Bertz CT molecular complexity index is 1420. The molecule has 10 nitrogen and oxygen atoms in total. The Labute approximate surface area is 221 Å². The highest BCUT2D eigenvalue weighted by Gasteiger charge is 2.41. The zero-order valence-corrected chi connectivity index (χ0v) is 22.6. The van der Waals surface area contributed by atoms with Crippen molar-refractivity contribution in [3.8, 4) is 22.1 Å². The van der Waals surface area contributed by atoms with Gasteiger partial charge >= 0.3 is 12.1 Å². The topological polar surface area (TPSA) is 129 Å². The lowest BCUT2D eigenvalue weighted by atomic mass is 10.1. The van der Waals surface area contributed by atoms with Gasteiger partial charge in [0.2, 0.25) is 5.88 Å². The van der Waals surface area contributed by atoms with Crippen molar-refractivity contribution in [3.63, 3.8) is 0 Å². The molecule has 3 aromatic rings. The van der Waals surface area contributed by atoms with E-state index in [-0.39, 0.29) is 33.8 Å². The number of alkyl halides is 3. The molecule has 2 N–H and O–H groups in total. The van der Waals surface area contributed by atoms with Crippen molar-refractivity contribution < 1.29 is 40.6 Å². The molecule has 0 aliphatic rings. The summed E-state index contributed by atoms with van der Waals surface area (Å²) in [7, 11) is -1.75. The second-order valence-corrected chi connectivity index (χ2v) is 10.8. The van der Waals surface area contributed by atoms with Gasteiger partial charge in [0.25, 0.3) is 10.0 Å². The van der Waals surface area contributed by atoms with Crippen LogP contribution in [0.15, 0.2) is 35.4 Å². The molecule has 0 atom stereocenters. The maximum absolute atomic E-state index is 13.4. The van der Waals surface area contributed by atoms with Crippen LogP contribution in [0.25, 0.3) is 10.4 Å². The van der Waals surface area contributed by atoms with E-state index in [1.165, 1.54) is 37.7 Å². The summed E-state index contributed by atoms with van der Waals surface area (Å²) in [6, 6.07) is 5.96. The number of ether oxygens (including phenoxy) is 3. The van der Waals surface area contributed by atoms with Crippen molar-refractivity contribution in [3.05, 3.63) is 41.7 Å². The number of nitrogens with one attached hydrogen (secondary N) is 2. The van der Waals surface area contributed by atoms with Crippen LogP contribution in [0.1, 0.15) is 25.1 Å². The molecule has 0 saturated heterocycles. The number of sulfonamides is 1. The largest absolute Gasteiger partial charge is 0.495 e. The average Bonchev–Trinajstić information content (AvgIpc) is 3.20. The molecule has 0 saturated carbocycles. The number of hydrogen-bond donors (Lipinski definition) is 2. The van der Waals surface area contributed by atoms with Crippen molar-refractivity contribution in [2.75, 3.05) is 24.3 Å². The van der Waals surface area contributed by atoms with Gasteiger partial charge in [0.1, 0.15) is 17.3 Å². The predicted molar refractivity (Wildman–Crippen MR) is 135 cm³/mol. The van der Waals surface area contributed by atoms with Gasteiger partial charge in [0, 0.05) is 6.04 Å². The summed E-state index contributed by atoms with van der Waals surface area (Å²) in [4.78, 5) is 20.0. The minimum Gasteiger partial charge on any atom is -0.495 e. The first kappa shape index (κ1) is 29.0. The Morgan fingerprint density at radius 1 is 1.16 bits per heavy atom. The van der Waals surface area contributed by atoms with Crippen LogP contribution >= 0.6 is 11.3 Å². The summed E-state index contributed by atoms with van der Waals surface area (Å²) in [6.07, 6.45) is -4.08. The quantitative estimate of drug-likeness (QED) is 0.330. The first-order chi connectivity index (χ1) is 17.7. The predicted octanol–water partition coefficient (Wildman–Crippen LogP) is 4.76. The van der Waals surface area contributed by atoms with Gasteiger partial charge in [-0.3, -0.25) is 4.72 Å². The fourth-order valence-electron chi connectivity index (χ4n) is 3.28. The van der Waals surface area contributed by atoms with Crippen LogP contribution in [0.5, 0.6) is 11.6 Å². The summed E-state index contributed by atoms with van der Waals surface area (Å²) in [5.74, 6) is -2.49. The number of carbonyl (C=O) groups is 1. The number of benzene rings is 1. The highest BCUT2D eigenvalue weighted by molar-refractivity contribution is 7.92. The van der Waals surface area contributed by atoms with Crippen molar-refractivity contribution >= 4 is 38.1 Å². The zero-order valence-electron chi connectivity index (χ0n) is 21.0. The van der Waals surface area contributed by atoms with E-state index in [0.717, 1.165) is 17.1 Å². The molecular formula is C23H25F3N4O6S2. The van der Waals surface area contributed by atoms with Crippen LogP contribution in [0.2, 0.25) is 0 Å². The lowest BCUT2D eigenvalue weighted by Crippen LogP contribution is -2.25. The maximum Gasteiger partial charge on any atom is 0.490 e. The van der Waals surface area contributed by atoms with E-state index < -0.39 is 28.8 Å². The molecule has 1 aromatic carbocycles. The molecule has 0 unspecified atom stereocenters. The van der Waals surface area contributed by atoms with Crippen molar-refractivity contribution in [1.29, 1.82) is 0 Å². The normalized spacial score (nSPS) is 11.8. The number of esters is 1. The van der Waals surface area contributed by atoms with Crippen molar-refractivity contribution in [2.45, 2.75) is 44.5 Å². The molecule has 0 aliphatic heterocycles. The number of nitrogens with zero attached hydrogens (tertiary/aromatic N) is 2. The van der Waals surface area contributed by atoms with Crippen molar-refractivity contribution in [2.24, 2.45) is 0 Å². The third-order valence-electron chi connectivity index (χ3n) is 4.89. The maximum atomic E-state index is 13.4. The molecule has 206 valence electrons. The molecule has 15 heteroatoms. The molecule has 0 spiro atoms. The van der Waals surface area contributed by atoms with E-state index in [2.05, 4.69) is 24.7 Å². The second-order valence-electron chi connectivity index (χ2n) is 8.17. The van der Waals surface area contributed by atoms with Crippen LogP contribution in [-0.4, -0.2) is 50.8 Å². The van der Waals surface area contributed by atoms with Gasteiger partial charge < -0.3 is 19.5 Å². The van der Waals surface area contributed by atoms with Crippen LogP contribution in [0.3, 0.4) is 0 Å². The SMILES string of the molecule is COc1ccc(-c2sc(NC(C)C)nc2C)cc1S(=O)(=O)Nc1cnc(OC)c(COC(=O)C(F)(F)F)c1. The Balaban J connectivity index is 1.94. The highest BCUT2D eigenvalue weighted by atomic mass is 32.2. The lowest BCUT2D eigenvalue weighted by molar-refractivity contribution is -0.201. The first-order valence-electron chi connectivity index (χ1n) is 11.0. The van der Waals surface area contributed by atoms with Crippen LogP contribution in [-0.2, 0) is 26.2 Å². The van der Waals surface area contributed by atoms with Gasteiger partial charge in [-0.25, -0.2) is 23.2 Å². The fraction of sp³-hybridized carbons (Fsp3) is 0.348. The molecule has 0 bridgehead atoms. The number of methoxy groups -OCH3 is 2. The molecule has 38 heavy (non-hydrogen) atoms. The number of hydrogen-bond acceptors (Lipinski definition) is 10. The zero-order chi connectivity index (χ0) is 28.3. The Morgan fingerprint density at radius 2 is 1.87 bits per heavy atom. The number of aromatic nitrogens is 2. The summed E-state index contributed by atoms with van der Waals surface area (Å²) >= 11 is 1.37. The van der Waals surface area contributed by atoms with E-state index in [1.54, 1.807) is 6.07 Å². The molecule has 0 aliphatic carbocycles. The number of thiazole rings is 1. The summed E-state index contributed by atoms with van der Waals surface area (Å²) in [5, 5.41) is 3.91. The van der Waals surface area contributed by atoms with Crippen LogP contribution < -0.4 is 19.5 Å².